The van der Waals surface area contributed by atoms with Crippen LogP contribution in [0.2, 0.25) is 0 Å². The van der Waals surface area contributed by atoms with Crippen molar-refractivity contribution in [1.29, 1.82) is 0 Å². The molecule has 0 saturated heterocycles. The number of hydrogen-bond donors (Lipinski definition) is 1. The first-order chi connectivity index (χ1) is 12.1. The number of aromatic nitrogens is 7. The van der Waals surface area contributed by atoms with Crippen molar-refractivity contribution in [3.63, 3.8) is 0 Å². The minimum absolute atomic E-state index is 0.0693. The van der Waals surface area contributed by atoms with E-state index in [4.69, 9.17) is 0 Å². The Kier molecular flexibility index (Phi) is 3.95. The molecule has 0 bridgehead atoms. The van der Waals surface area contributed by atoms with Crippen LogP contribution >= 0.6 is 11.8 Å². The normalized spacial score (nSPS) is 14.2. The Morgan fingerprint density at radius 2 is 2.16 bits per heavy atom. The number of nitrogens with zero attached hydrogens (tertiary/aromatic N) is 6. The quantitative estimate of drug-likeness (QED) is 0.537. The first-order valence-electron chi connectivity index (χ1n) is 8.16. The Hall–Kier alpha value is -2.42. The summed E-state index contributed by atoms with van der Waals surface area (Å²) in [4.78, 5) is 16.9. The smallest absolute Gasteiger partial charge is 0.229 e. The number of aryl methyl sites for hydroxylation is 1. The van der Waals surface area contributed by atoms with E-state index >= 15 is 0 Å². The van der Waals surface area contributed by atoms with E-state index in [0.717, 1.165) is 22.4 Å². The van der Waals surface area contributed by atoms with Crippen LogP contribution in [-0.4, -0.2) is 46.0 Å². The van der Waals surface area contributed by atoms with Crippen molar-refractivity contribution in [2.45, 2.75) is 37.8 Å². The van der Waals surface area contributed by atoms with Crippen LogP contribution in [0.1, 0.15) is 46.3 Å². The molecule has 1 fully saturated rings. The third-order valence-electron chi connectivity index (χ3n) is 4.49. The molecular formula is C16H19N7OS. The van der Waals surface area contributed by atoms with Gasteiger partial charge in [-0.25, -0.2) is 5.10 Å². The molecule has 8 nitrogen and oxygen atoms in total. The highest BCUT2D eigenvalue weighted by Crippen LogP contribution is 2.39. The van der Waals surface area contributed by atoms with Gasteiger partial charge in [-0.1, -0.05) is 11.8 Å². The number of hydrogen-bond acceptors (Lipinski definition) is 6. The number of nitrogens with one attached hydrogen (secondary N) is 1. The molecule has 1 aliphatic rings. The monoisotopic (exact) mass is 357 g/mol. The lowest BCUT2D eigenvalue weighted by molar-refractivity contribution is 0.102. The first-order valence-corrected chi connectivity index (χ1v) is 9.14. The summed E-state index contributed by atoms with van der Waals surface area (Å²) in [6.45, 7) is 3.87. The summed E-state index contributed by atoms with van der Waals surface area (Å²) in [6, 6.07) is 1.90. The molecule has 0 unspecified atom stereocenters. The van der Waals surface area contributed by atoms with Crippen molar-refractivity contribution < 1.29 is 4.79 Å². The molecule has 0 amide bonds. The zero-order chi connectivity index (χ0) is 17.6. The molecule has 1 saturated carbocycles. The van der Waals surface area contributed by atoms with Gasteiger partial charge in [0.05, 0.1) is 5.75 Å². The van der Waals surface area contributed by atoms with Crippen molar-refractivity contribution in [3.8, 4) is 5.95 Å². The number of thioether (sulfide) groups is 1. The van der Waals surface area contributed by atoms with Gasteiger partial charge in [0.1, 0.15) is 12.2 Å². The van der Waals surface area contributed by atoms with Crippen LogP contribution in [0.4, 0.5) is 0 Å². The zero-order valence-corrected chi connectivity index (χ0v) is 15.2. The van der Waals surface area contributed by atoms with Gasteiger partial charge < -0.3 is 4.57 Å². The molecule has 1 N–H and O–H groups in total. The number of aromatic amines is 1. The molecule has 4 rings (SSSR count). The Morgan fingerprint density at radius 1 is 1.36 bits per heavy atom. The van der Waals surface area contributed by atoms with E-state index in [1.807, 2.05) is 36.1 Å². The van der Waals surface area contributed by atoms with E-state index < -0.39 is 0 Å². The van der Waals surface area contributed by atoms with Gasteiger partial charge in [-0.05, 0) is 32.8 Å². The third kappa shape index (κ3) is 2.88. The van der Waals surface area contributed by atoms with Crippen molar-refractivity contribution in [2.24, 2.45) is 7.05 Å². The van der Waals surface area contributed by atoms with Crippen LogP contribution in [0.3, 0.4) is 0 Å². The lowest BCUT2D eigenvalue weighted by Crippen LogP contribution is -2.07. The molecule has 3 aromatic heterocycles. The number of Topliss-reactive ketones (excluding diaryl/α,β-unsaturated/α-hetero) is 1. The van der Waals surface area contributed by atoms with Gasteiger partial charge in [0.2, 0.25) is 5.95 Å². The molecule has 1 aliphatic carbocycles. The summed E-state index contributed by atoms with van der Waals surface area (Å²) in [7, 11) is 1.97. The Morgan fingerprint density at radius 3 is 2.84 bits per heavy atom. The Labute approximate surface area is 149 Å². The van der Waals surface area contributed by atoms with Gasteiger partial charge >= 0.3 is 0 Å². The number of rotatable bonds is 6. The van der Waals surface area contributed by atoms with Gasteiger partial charge in [0.25, 0.3) is 0 Å². The fourth-order valence-electron chi connectivity index (χ4n) is 3.03. The number of ketones is 1. The zero-order valence-electron chi connectivity index (χ0n) is 14.4. The molecule has 0 radical (unpaired) electrons. The standard InChI is InChI=1S/C16H19N7OS/c1-9-6-12(10(2)23(9)15-17-8-18-20-15)13(24)7-25-16-21-19-14(22(16)3)11-4-5-11/h6,8,11H,4-5,7H2,1-3H3,(H,17,18,20). The summed E-state index contributed by atoms with van der Waals surface area (Å²) in [6.07, 6.45) is 3.82. The first kappa shape index (κ1) is 16.1. The van der Waals surface area contributed by atoms with Crippen LogP contribution in [0.5, 0.6) is 0 Å². The van der Waals surface area contributed by atoms with E-state index in [9.17, 15) is 4.79 Å². The fourth-order valence-corrected chi connectivity index (χ4v) is 3.84. The maximum Gasteiger partial charge on any atom is 0.229 e. The van der Waals surface area contributed by atoms with Gasteiger partial charge in [-0.15, -0.1) is 10.2 Å². The van der Waals surface area contributed by atoms with E-state index in [2.05, 4.69) is 25.4 Å². The minimum atomic E-state index is 0.0693. The third-order valence-corrected chi connectivity index (χ3v) is 5.51. The van der Waals surface area contributed by atoms with Crippen molar-refractivity contribution >= 4 is 17.5 Å². The van der Waals surface area contributed by atoms with Crippen LogP contribution in [-0.2, 0) is 7.05 Å². The van der Waals surface area contributed by atoms with Crippen molar-refractivity contribution in [1.82, 2.24) is 34.5 Å². The van der Waals surface area contributed by atoms with Crippen LogP contribution in [0.15, 0.2) is 17.6 Å². The molecular weight excluding hydrogens is 338 g/mol. The van der Waals surface area contributed by atoms with E-state index in [0.29, 0.717) is 23.2 Å². The molecule has 0 aliphatic heterocycles. The van der Waals surface area contributed by atoms with E-state index in [-0.39, 0.29) is 5.78 Å². The summed E-state index contributed by atoms with van der Waals surface area (Å²) < 4.78 is 3.91. The molecule has 0 spiro atoms. The lowest BCUT2D eigenvalue weighted by Gasteiger charge is -2.05. The molecule has 3 aromatic rings. The van der Waals surface area contributed by atoms with Gasteiger partial charge in [-0.3, -0.25) is 9.36 Å². The molecule has 0 aromatic carbocycles. The van der Waals surface area contributed by atoms with Gasteiger partial charge in [0.15, 0.2) is 10.9 Å². The lowest BCUT2D eigenvalue weighted by atomic mass is 10.2. The van der Waals surface area contributed by atoms with E-state index in [1.54, 1.807) is 0 Å². The molecule has 3 heterocycles. The van der Waals surface area contributed by atoms with E-state index in [1.165, 1.54) is 30.9 Å². The average Bonchev–Trinajstić information content (AvgIpc) is 3.02. The number of carbonyl (C=O) groups is 1. The summed E-state index contributed by atoms with van der Waals surface area (Å²) >= 11 is 1.43. The van der Waals surface area contributed by atoms with Crippen LogP contribution in [0.25, 0.3) is 5.95 Å². The second-order valence-corrected chi connectivity index (χ2v) is 7.26. The minimum Gasteiger partial charge on any atom is -0.309 e. The van der Waals surface area contributed by atoms with Gasteiger partial charge in [0, 0.05) is 29.9 Å². The SMILES string of the molecule is Cc1cc(C(=O)CSc2nnc(C3CC3)n2C)c(C)n1-c1ncn[nH]1. The highest BCUT2D eigenvalue weighted by atomic mass is 32.2. The summed E-state index contributed by atoms with van der Waals surface area (Å²) in [5.74, 6) is 2.59. The second-order valence-electron chi connectivity index (χ2n) is 6.32. The molecule has 0 atom stereocenters. The Bertz CT molecular complexity index is 921. The topological polar surface area (TPSA) is 94.3 Å². The largest absolute Gasteiger partial charge is 0.309 e. The highest BCUT2D eigenvalue weighted by Gasteiger charge is 2.29. The number of carbonyl (C=O) groups excluding carboxylic acids is 1. The molecule has 130 valence electrons. The average molecular weight is 357 g/mol. The second kappa shape index (κ2) is 6.14. The maximum absolute atomic E-state index is 12.7. The van der Waals surface area contributed by atoms with Crippen LogP contribution in [0, 0.1) is 13.8 Å². The Balaban J connectivity index is 1.51. The summed E-state index contributed by atoms with van der Waals surface area (Å²) in [5, 5.41) is 16.0. The fraction of sp³-hybridized carbons (Fsp3) is 0.438. The summed E-state index contributed by atoms with van der Waals surface area (Å²) in [5.41, 5.74) is 2.50. The highest BCUT2D eigenvalue weighted by molar-refractivity contribution is 7.99. The molecule has 25 heavy (non-hydrogen) atoms. The maximum atomic E-state index is 12.7. The van der Waals surface area contributed by atoms with Crippen molar-refractivity contribution in [3.05, 3.63) is 35.2 Å². The van der Waals surface area contributed by atoms with Crippen LogP contribution < -0.4 is 0 Å². The molecule has 9 heteroatoms. The number of H-pyrrole nitrogens is 1. The predicted octanol–water partition coefficient (Wildman–Crippen LogP) is 2.19. The van der Waals surface area contributed by atoms with Crippen molar-refractivity contribution in [2.75, 3.05) is 5.75 Å². The van der Waals surface area contributed by atoms with Gasteiger partial charge in [-0.2, -0.15) is 10.1 Å². The predicted molar refractivity (Wildman–Crippen MR) is 93.2 cm³/mol.